The van der Waals surface area contributed by atoms with Crippen LogP contribution in [0.15, 0.2) is 48.5 Å². The minimum atomic E-state index is -4.80. The second-order valence-corrected chi connectivity index (χ2v) is 8.84. The average Bonchev–Trinajstić information content (AvgIpc) is 2.62. The lowest BCUT2D eigenvalue weighted by Crippen LogP contribution is -2.47. The molecule has 0 unspecified atom stereocenters. The second-order valence-electron chi connectivity index (χ2n) is 7.59. The van der Waals surface area contributed by atoms with Gasteiger partial charge in [-0.1, -0.05) is 12.1 Å². The van der Waals surface area contributed by atoms with Crippen molar-refractivity contribution in [2.24, 2.45) is 0 Å². The Labute approximate surface area is 191 Å². The van der Waals surface area contributed by atoms with Crippen molar-refractivity contribution in [3.63, 3.8) is 0 Å². The van der Waals surface area contributed by atoms with Gasteiger partial charge in [0.05, 0.1) is 0 Å². The highest BCUT2D eigenvalue weighted by atomic mass is 127. The molecule has 0 bridgehead atoms. The van der Waals surface area contributed by atoms with Gasteiger partial charge in [-0.2, -0.15) is 0 Å². The van der Waals surface area contributed by atoms with Crippen LogP contribution in [-0.2, 0) is 16.0 Å². The van der Waals surface area contributed by atoms with Crippen LogP contribution in [0.4, 0.5) is 23.7 Å². The maximum absolute atomic E-state index is 12.8. The fourth-order valence-corrected chi connectivity index (χ4v) is 2.84. The van der Waals surface area contributed by atoms with Gasteiger partial charge >= 0.3 is 12.5 Å². The Kier molecular flexibility index (Phi) is 8.15. The molecule has 31 heavy (non-hydrogen) atoms. The maximum atomic E-state index is 12.8. The summed E-state index contributed by atoms with van der Waals surface area (Å²) in [6.07, 6.45) is -5.37. The summed E-state index contributed by atoms with van der Waals surface area (Å²) in [5.41, 5.74) is 0.311. The first-order chi connectivity index (χ1) is 14.3. The number of amides is 2. The van der Waals surface area contributed by atoms with Crippen LogP contribution in [0.2, 0.25) is 0 Å². The molecule has 0 radical (unpaired) electrons. The number of anilines is 1. The van der Waals surface area contributed by atoms with E-state index < -0.39 is 35.8 Å². The first-order valence-electron chi connectivity index (χ1n) is 9.21. The van der Waals surface area contributed by atoms with Gasteiger partial charge in [0.25, 0.3) is 0 Å². The number of carbonyl (C=O) groups excluding carboxylic acids is 2. The first kappa shape index (κ1) is 24.8. The Hall–Kier alpha value is -2.50. The molecule has 0 saturated heterocycles. The minimum Gasteiger partial charge on any atom is -0.444 e. The predicted octanol–water partition coefficient (Wildman–Crippen LogP) is 5.26. The van der Waals surface area contributed by atoms with Gasteiger partial charge in [-0.05, 0) is 85.3 Å². The SMILES string of the molecule is CC(C)(C)OC(=O)N[C@H](Cc1ccc(I)cc1)C(=O)Nc1ccc(OC(F)(F)F)cc1. The zero-order chi connectivity index (χ0) is 23.2. The van der Waals surface area contributed by atoms with Crippen molar-refractivity contribution in [1.82, 2.24) is 5.32 Å². The summed E-state index contributed by atoms with van der Waals surface area (Å²) < 4.78 is 46.9. The third kappa shape index (κ3) is 9.45. The van der Waals surface area contributed by atoms with E-state index in [0.29, 0.717) is 0 Å². The van der Waals surface area contributed by atoms with Crippen LogP contribution in [0.1, 0.15) is 26.3 Å². The third-order valence-electron chi connectivity index (χ3n) is 3.72. The molecule has 0 heterocycles. The number of nitrogens with one attached hydrogen (secondary N) is 2. The quantitative estimate of drug-likeness (QED) is 0.481. The lowest BCUT2D eigenvalue weighted by molar-refractivity contribution is -0.274. The van der Waals surface area contributed by atoms with Crippen molar-refractivity contribution < 1.29 is 32.2 Å². The first-order valence-corrected chi connectivity index (χ1v) is 10.3. The average molecular weight is 550 g/mol. The molecule has 0 saturated carbocycles. The minimum absolute atomic E-state index is 0.192. The van der Waals surface area contributed by atoms with Gasteiger partial charge in [0.15, 0.2) is 0 Å². The van der Waals surface area contributed by atoms with Crippen molar-refractivity contribution in [2.45, 2.75) is 45.2 Å². The molecule has 0 aliphatic heterocycles. The number of alkyl carbamates (subject to hydrolysis) is 1. The van der Waals surface area contributed by atoms with Gasteiger partial charge in [0.1, 0.15) is 17.4 Å². The molecule has 0 aromatic heterocycles. The van der Waals surface area contributed by atoms with Gasteiger partial charge in [-0.15, -0.1) is 13.2 Å². The zero-order valence-electron chi connectivity index (χ0n) is 17.0. The smallest absolute Gasteiger partial charge is 0.444 e. The van der Waals surface area contributed by atoms with Crippen LogP contribution < -0.4 is 15.4 Å². The highest BCUT2D eigenvalue weighted by Crippen LogP contribution is 2.24. The van der Waals surface area contributed by atoms with Gasteiger partial charge in [0, 0.05) is 15.7 Å². The Morgan fingerprint density at radius 2 is 1.58 bits per heavy atom. The molecule has 0 spiro atoms. The zero-order valence-corrected chi connectivity index (χ0v) is 19.2. The maximum Gasteiger partial charge on any atom is 0.573 e. The van der Waals surface area contributed by atoms with E-state index in [2.05, 4.69) is 38.0 Å². The molecule has 2 N–H and O–H groups in total. The summed E-state index contributed by atoms with van der Waals surface area (Å²) >= 11 is 2.15. The number of alkyl halides is 3. The molecule has 2 aromatic carbocycles. The van der Waals surface area contributed by atoms with E-state index >= 15 is 0 Å². The van der Waals surface area contributed by atoms with Crippen molar-refractivity contribution in [3.05, 3.63) is 57.7 Å². The third-order valence-corrected chi connectivity index (χ3v) is 4.44. The van der Waals surface area contributed by atoms with E-state index in [-0.39, 0.29) is 12.1 Å². The van der Waals surface area contributed by atoms with Crippen LogP contribution in [0.3, 0.4) is 0 Å². The predicted molar refractivity (Wildman–Crippen MR) is 118 cm³/mol. The highest BCUT2D eigenvalue weighted by Gasteiger charge is 2.31. The van der Waals surface area contributed by atoms with Gasteiger partial charge in [0.2, 0.25) is 5.91 Å². The highest BCUT2D eigenvalue weighted by molar-refractivity contribution is 14.1. The topological polar surface area (TPSA) is 76.7 Å². The van der Waals surface area contributed by atoms with Gasteiger partial charge < -0.3 is 20.1 Å². The van der Waals surface area contributed by atoms with E-state index in [0.717, 1.165) is 21.3 Å². The molecule has 0 fully saturated rings. The summed E-state index contributed by atoms with van der Waals surface area (Å²) in [7, 11) is 0. The molecular formula is C21H22F3IN2O4. The fourth-order valence-electron chi connectivity index (χ4n) is 2.48. The molecule has 2 amide bonds. The molecule has 0 aliphatic carbocycles. The van der Waals surface area contributed by atoms with E-state index in [4.69, 9.17) is 4.74 Å². The largest absolute Gasteiger partial charge is 0.573 e. The molecule has 10 heteroatoms. The lowest BCUT2D eigenvalue weighted by atomic mass is 10.1. The summed E-state index contributed by atoms with van der Waals surface area (Å²) in [5.74, 6) is -0.957. The normalized spacial score (nSPS) is 12.6. The molecule has 168 valence electrons. The Bertz CT molecular complexity index is 895. The number of benzene rings is 2. The molecule has 2 rings (SSSR count). The van der Waals surface area contributed by atoms with Gasteiger partial charge in [-0.3, -0.25) is 4.79 Å². The number of rotatable bonds is 6. The van der Waals surface area contributed by atoms with Crippen molar-refractivity contribution in [1.29, 1.82) is 0 Å². The van der Waals surface area contributed by atoms with E-state index in [1.165, 1.54) is 12.1 Å². The Morgan fingerprint density at radius 3 is 2.10 bits per heavy atom. The molecular weight excluding hydrogens is 528 g/mol. The van der Waals surface area contributed by atoms with Crippen LogP contribution in [0.5, 0.6) is 5.75 Å². The van der Waals surface area contributed by atoms with Crippen LogP contribution in [-0.4, -0.2) is 30.0 Å². The molecule has 2 aromatic rings. The second kappa shape index (κ2) is 10.2. The molecule has 0 aliphatic rings. The molecule has 1 atom stereocenters. The van der Waals surface area contributed by atoms with E-state index in [1.54, 1.807) is 20.8 Å². The lowest BCUT2D eigenvalue weighted by Gasteiger charge is -2.23. The van der Waals surface area contributed by atoms with Crippen LogP contribution >= 0.6 is 22.6 Å². The van der Waals surface area contributed by atoms with Crippen molar-refractivity contribution in [2.75, 3.05) is 5.32 Å². The summed E-state index contributed by atoms with van der Waals surface area (Å²) in [6, 6.07) is 11.2. The van der Waals surface area contributed by atoms with Crippen molar-refractivity contribution >= 4 is 40.3 Å². The van der Waals surface area contributed by atoms with Crippen LogP contribution in [0.25, 0.3) is 0 Å². The fraction of sp³-hybridized carbons (Fsp3) is 0.333. The summed E-state index contributed by atoms with van der Waals surface area (Å²) in [6.45, 7) is 5.10. The number of carbonyl (C=O) groups is 2. The number of hydrogen-bond donors (Lipinski definition) is 2. The van der Waals surface area contributed by atoms with Crippen molar-refractivity contribution in [3.8, 4) is 5.75 Å². The van der Waals surface area contributed by atoms with E-state index in [9.17, 15) is 22.8 Å². The number of ether oxygens (including phenoxy) is 2. The van der Waals surface area contributed by atoms with Gasteiger partial charge in [-0.25, -0.2) is 4.79 Å². The van der Waals surface area contributed by atoms with E-state index in [1.807, 2.05) is 24.3 Å². The Balaban J connectivity index is 2.12. The standard InChI is InChI=1S/C21H22F3IN2O4/c1-20(2,3)31-19(29)27-17(12-13-4-6-14(25)7-5-13)18(28)26-15-8-10-16(11-9-15)30-21(22,23)24/h4-11,17H,12H2,1-3H3,(H,26,28)(H,27,29)/t17-/m1/s1. The monoisotopic (exact) mass is 550 g/mol. The number of halogens is 4. The molecule has 6 nitrogen and oxygen atoms in total. The Morgan fingerprint density at radius 1 is 1.00 bits per heavy atom. The summed E-state index contributed by atoms with van der Waals surface area (Å²) in [5, 5.41) is 5.13. The van der Waals surface area contributed by atoms with Crippen LogP contribution in [0, 0.1) is 3.57 Å². The summed E-state index contributed by atoms with van der Waals surface area (Å²) in [4.78, 5) is 25.0. The number of hydrogen-bond acceptors (Lipinski definition) is 4.